The Bertz CT molecular complexity index is 638. The number of nitrogens with zero attached hydrogens (tertiary/aromatic N) is 1. The molecule has 0 spiro atoms. The summed E-state index contributed by atoms with van der Waals surface area (Å²) in [6, 6.07) is 4.61. The van der Waals surface area contributed by atoms with Crippen molar-refractivity contribution in [2.24, 2.45) is 11.7 Å². The van der Waals surface area contributed by atoms with E-state index in [0.29, 0.717) is 12.5 Å². The minimum atomic E-state index is -1.17. The number of benzene rings is 1. The van der Waals surface area contributed by atoms with Gasteiger partial charge in [0, 0.05) is 18.3 Å². The number of rotatable bonds is 3. The lowest BCUT2D eigenvalue weighted by molar-refractivity contribution is 0.139. The number of allylic oxidation sites excluding steroid dienone is 1. The van der Waals surface area contributed by atoms with Gasteiger partial charge in [-0.1, -0.05) is 12.1 Å². The third kappa shape index (κ3) is 2.45. The van der Waals surface area contributed by atoms with E-state index in [9.17, 15) is 4.39 Å². The Morgan fingerprint density at radius 3 is 2.68 bits per heavy atom. The SMILES string of the molecule is CC(C)(F)CN1Cc2c(ccc3c2CC[C@H]3N)C=C1C1CC1. The van der Waals surface area contributed by atoms with E-state index < -0.39 is 5.67 Å². The maximum Gasteiger partial charge on any atom is 0.122 e. The molecule has 1 aromatic rings. The minimum Gasteiger partial charge on any atom is -0.367 e. The second-order valence-electron chi connectivity index (χ2n) is 7.76. The standard InChI is InChI=1S/C19H25FN2/c1-19(2,20)11-22-10-16-13(9-18(22)12-3-4-12)5-6-15-14(16)7-8-17(15)21/h5-6,9,12,17H,3-4,7-8,10-11,21H2,1-2H3/t17-/m1/s1. The number of alkyl halides is 1. The first-order valence-corrected chi connectivity index (χ1v) is 8.48. The molecule has 0 saturated heterocycles. The predicted molar refractivity (Wildman–Crippen MR) is 88.0 cm³/mol. The molecule has 2 N–H and O–H groups in total. The first-order valence-electron chi connectivity index (χ1n) is 8.48. The van der Waals surface area contributed by atoms with Crippen LogP contribution < -0.4 is 5.73 Å². The third-order valence-electron chi connectivity index (χ3n) is 5.19. The Kier molecular flexibility index (Phi) is 3.12. The molecule has 1 aromatic carbocycles. The number of halogens is 1. The smallest absolute Gasteiger partial charge is 0.122 e. The first-order chi connectivity index (χ1) is 10.4. The summed E-state index contributed by atoms with van der Waals surface area (Å²) in [5.74, 6) is 0.644. The first kappa shape index (κ1) is 14.3. The van der Waals surface area contributed by atoms with Gasteiger partial charge in [-0.05, 0) is 73.8 Å². The fourth-order valence-electron chi connectivity index (χ4n) is 4.04. The van der Waals surface area contributed by atoms with Gasteiger partial charge < -0.3 is 10.6 Å². The molecule has 0 aromatic heterocycles. The Hall–Kier alpha value is -1.35. The maximum absolute atomic E-state index is 14.3. The lowest BCUT2D eigenvalue weighted by Crippen LogP contribution is -2.37. The molecule has 4 rings (SSSR count). The van der Waals surface area contributed by atoms with Crippen LogP contribution in [0.1, 0.15) is 61.4 Å². The highest BCUT2D eigenvalue weighted by Crippen LogP contribution is 2.44. The van der Waals surface area contributed by atoms with Gasteiger partial charge in [0.15, 0.2) is 0 Å². The molecule has 0 radical (unpaired) electrons. The van der Waals surface area contributed by atoms with Gasteiger partial charge in [-0.2, -0.15) is 0 Å². The van der Waals surface area contributed by atoms with Gasteiger partial charge in [-0.25, -0.2) is 4.39 Å². The van der Waals surface area contributed by atoms with Gasteiger partial charge in [-0.15, -0.1) is 0 Å². The van der Waals surface area contributed by atoms with E-state index in [2.05, 4.69) is 23.1 Å². The summed E-state index contributed by atoms with van der Waals surface area (Å²) in [6.07, 6.45) is 6.92. The zero-order valence-corrected chi connectivity index (χ0v) is 13.5. The molecule has 3 heteroatoms. The molecule has 1 atom stereocenters. The van der Waals surface area contributed by atoms with Crippen LogP contribution in [-0.2, 0) is 13.0 Å². The molecule has 0 amide bonds. The van der Waals surface area contributed by atoms with Crippen LogP contribution in [0.2, 0.25) is 0 Å². The molecular formula is C19H25FN2. The van der Waals surface area contributed by atoms with Crippen LogP contribution in [0, 0.1) is 5.92 Å². The van der Waals surface area contributed by atoms with Crippen molar-refractivity contribution < 1.29 is 4.39 Å². The Morgan fingerprint density at radius 1 is 1.23 bits per heavy atom. The number of fused-ring (bicyclic) bond motifs is 3. The molecular weight excluding hydrogens is 275 g/mol. The second kappa shape index (κ2) is 4.82. The summed E-state index contributed by atoms with van der Waals surface area (Å²) in [7, 11) is 0. The fourth-order valence-corrected chi connectivity index (χ4v) is 4.04. The Labute approximate surface area is 132 Å². The average molecular weight is 300 g/mol. The van der Waals surface area contributed by atoms with Crippen molar-refractivity contribution in [1.29, 1.82) is 0 Å². The van der Waals surface area contributed by atoms with Crippen LogP contribution in [-0.4, -0.2) is 17.1 Å². The molecule has 118 valence electrons. The Balaban J connectivity index is 1.75. The number of nitrogens with two attached hydrogens (primary N) is 1. The second-order valence-corrected chi connectivity index (χ2v) is 7.76. The van der Waals surface area contributed by atoms with Crippen molar-refractivity contribution in [1.82, 2.24) is 4.90 Å². The lowest BCUT2D eigenvalue weighted by atomic mass is 9.91. The molecule has 22 heavy (non-hydrogen) atoms. The quantitative estimate of drug-likeness (QED) is 0.916. The molecule has 1 saturated carbocycles. The monoisotopic (exact) mass is 300 g/mol. The molecule has 1 heterocycles. The topological polar surface area (TPSA) is 29.3 Å². The molecule has 2 aliphatic carbocycles. The van der Waals surface area contributed by atoms with Crippen LogP contribution in [0.25, 0.3) is 6.08 Å². The lowest BCUT2D eigenvalue weighted by Gasteiger charge is -2.36. The van der Waals surface area contributed by atoms with E-state index >= 15 is 0 Å². The summed E-state index contributed by atoms with van der Waals surface area (Å²) >= 11 is 0. The van der Waals surface area contributed by atoms with Crippen LogP contribution in [0.3, 0.4) is 0 Å². The van der Waals surface area contributed by atoms with Crippen LogP contribution >= 0.6 is 0 Å². The maximum atomic E-state index is 14.3. The summed E-state index contributed by atoms with van der Waals surface area (Å²) in [6.45, 7) is 4.68. The van der Waals surface area contributed by atoms with Gasteiger partial charge in [0.2, 0.25) is 0 Å². The van der Waals surface area contributed by atoms with Crippen molar-refractivity contribution in [2.75, 3.05) is 6.54 Å². The Morgan fingerprint density at radius 2 is 2.00 bits per heavy atom. The summed E-state index contributed by atoms with van der Waals surface area (Å²) in [5, 5.41) is 0. The fraction of sp³-hybridized carbons (Fsp3) is 0.579. The van der Waals surface area contributed by atoms with E-state index in [1.165, 1.54) is 40.8 Å². The largest absolute Gasteiger partial charge is 0.367 e. The summed E-state index contributed by atoms with van der Waals surface area (Å²) in [4.78, 5) is 2.28. The van der Waals surface area contributed by atoms with Crippen molar-refractivity contribution in [3.8, 4) is 0 Å². The zero-order chi connectivity index (χ0) is 15.5. The van der Waals surface area contributed by atoms with E-state index in [-0.39, 0.29) is 6.04 Å². The van der Waals surface area contributed by atoms with Gasteiger partial charge >= 0.3 is 0 Å². The molecule has 0 unspecified atom stereocenters. The third-order valence-corrected chi connectivity index (χ3v) is 5.19. The predicted octanol–water partition coefficient (Wildman–Crippen LogP) is 3.95. The van der Waals surface area contributed by atoms with E-state index in [0.717, 1.165) is 19.4 Å². The van der Waals surface area contributed by atoms with E-state index in [1.807, 2.05) is 0 Å². The van der Waals surface area contributed by atoms with E-state index in [1.54, 1.807) is 13.8 Å². The average Bonchev–Trinajstić information content (AvgIpc) is 3.20. The van der Waals surface area contributed by atoms with Gasteiger partial charge in [-0.3, -0.25) is 0 Å². The van der Waals surface area contributed by atoms with Crippen molar-refractivity contribution in [2.45, 2.75) is 57.8 Å². The van der Waals surface area contributed by atoms with Crippen LogP contribution in [0.4, 0.5) is 4.39 Å². The van der Waals surface area contributed by atoms with Gasteiger partial charge in [0.25, 0.3) is 0 Å². The summed E-state index contributed by atoms with van der Waals surface area (Å²) < 4.78 is 14.3. The summed E-state index contributed by atoms with van der Waals surface area (Å²) in [5.41, 5.74) is 11.9. The molecule has 1 fully saturated rings. The van der Waals surface area contributed by atoms with Crippen molar-refractivity contribution in [3.05, 3.63) is 40.1 Å². The zero-order valence-electron chi connectivity index (χ0n) is 13.5. The van der Waals surface area contributed by atoms with Crippen LogP contribution in [0.5, 0.6) is 0 Å². The molecule has 3 aliphatic rings. The van der Waals surface area contributed by atoms with Crippen molar-refractivity contribution in [3.63, 3.8) is 0 Å². The molecule has 0 bridgehead atoms. The molecule has 2 nitrogen and oxygen atoms in total. The number of hydrogen-bond acceptors (Lipinski definition) is 2. The normalized spacial score (nSPS) is 24.1. The highest BCUT2D eigenvalue weighted by atomic mass is 19.1. The molecule has 1 aliphatic heterocycles. The van der Waals surface area contributed by atoms with E-state index in [4.69, 9.17) is 5.73 Å². The highest BCUT2D eigenvalue weighted by Gasteiger charge is 2.36. The minimum absolute atomic E-state index is 0.181. The number of hydrogen-bond donors (Lipinski definition) is 1. The highest BCUT2D eigenvalue weighted by molar-refractivity contribution is 5.64. The van der Waals surface area contributed by atoms with Gasteiger partial charge in [0.05, 0.1) is 6.54 Å². The van der Waals surface area contributed by atoms with Gasteiger partial charge in [0.1, 0.15) is 5.67 Å². The van der Waals surface area contributed by atoms with Crippen LogP contribution in [0.15, 0.2) is 17.8 Å². The van der Waals surface area contributed by atoms with Crippen molar-refractivity contribution >= 4 is 6.08 Å².